The lowest BCUT2D eigenvalue weighted by Gasteiger charge is -2.36. The molecule has 1 aliphatic carbocycles. The predicted molar refractivity (Wildman–Crippen MR) is 70.6 cm³/mol. The molecule has 2 aliphatic rings. The molecule has 0 saturated carbocycles. The van der Waals surface area contributed by atoms with Gasteiger partial charge in [-0.2, -0.15) is 0 Å². The van der Waals surface area contributed by atoms with Crippen molar-refractivity contribution in [1.82, 2.24) is 0 Å². The number of hydrogen-bond acceptors (Lipinski definition) is 5. The summed E-state index contributed by atoms with van der Waals surface area (Å²) in [6.45, 7) is 3.18. The van der Waals surface area contributed by atoms with Crippen LogP contribution in [0.15, 0.2) is 29.9 Å². The summed E-state index contributed by atoms with van der Waals surface area (Å²) < 4.78 is 5.64. The van der Waals surface area contributed by atoms with Crippen molar-refractivity contribution in [2.24, 2.45) is 0 Å². The van der Waals surface area contributed by atoms with Gasteiger partial charge in [0.2, 0.25) is 11.4 Å². The number of phenols is 1. The van der Waals surface area contributed by atoms with Crippen molar-refractivity contribution >= 4 is 17.3 Å². The number of carbonyl (C=O) groups is 2. The van der Waals surface area contributed by atoms with E-state index in [1.807, 2.05) is 0 Å². The quantitative estimate of drug-likeness (QED) is 0.752. The SMILES string of the molecule is Cc1cc(O)c2c(c1)OC1(C)C(=O)C=CC(=O)C1=C2O. The average Bonchev–Trinajstić information content (AvgIpc) is 2.32. The van der Waals surface area contributed by atoms with E-state index in [4.69, 9.17) is 4.74 Å². The molecule has 0 radical (unpaired) electrons. The summed E-state index contributed by atoms with van der Waals surface area (Å²) in [7, 11) is 0. The Morgan fingerprint density at radius 1 is 1.15 bits per heavy atom. The van der Waals surface area contributed by atoms with Crippen molar-refractivity contribution in [3.05, 3.63) is 41.0 Å². The maximum Gasteiger partial charge on any atom is 0.203 e. The number of aliphatic hydroxyl groups excluding tert-OH is 1. The van der Waals surface area contributed by atoms with Gasteiger partial charge >= 0.3 is 0 Å². The molecule has 1 atom stereocenters. The fourth-order valence-corrected chi connectivity index (χ4v) is 2.59. The van der Waals surface area contributed by atoms with Crippen LogP contribution >= 0.6 is 0 Å². The Hall–Kier alpha value is -2.56. The van der Waals surface area contributed by atoms with Gasteiger partial charge in [-0.05, 0) is 43.7 Å². The van der Waals surface area contributed by atoms with Gasteiger partial charge in [0, 0.05) is 0 Å². The second-order valence-corrected chi connectivity index (χ2v) is 5.08. The van der Waals surface area contributed by atoms with Gasteiger partial charge in [0.05, 0.1) is 5.57 Å². The minimum Gasteiger partial charge on any atom is -0.507 e. The minimum atomic E-state index is -1.55. The molecule has 102 valence electrons. The maximum absolute atomic E-state index is 12.0. The normalized spacial score (nSPS) is 24.3. The second-order valence-electron chi connectivity index (χ2n) is 5.08. The topological polar surface area (TPSA) is 83.8 Å². The number of aromatic hydroxyl groups is 1. The molecule has 0 saturated heterocycles. The third kappa shape index (κ3) is 1.43. The highest BCUT2D eigenvalue weighted by molar-refractivity contribution is 6.23. The zero-order chi connectivity index (χ0) is 14.7. The highest BCUT2D eigenvalue weighted by Gasteiger charge is 2.49. The largest absolute Gasteiger partial charge is 0.507 e. The molecule has 0 fully saturated rings. The fourth-order valence-electron chi connectivity index (χ4n) is 2.59. The van der Waals surface area contributed by atoms with E-state index in [0.29, 0.717) is 5.56 Å². The molecule has 1 aromatic rings. The summed E-state index contributed by atoms with van der Waals surface area (Å²) in [5.41, 5.74) is -0.939. The molecule has 20 heavy (non-hydrogen) atoms. The van der Waals surface area contributed by atoms with Gasteiger partial charge in [-0.1, -0.05) is 0 Å². The smallest absolute Gasteiger partial charge is 0.203 e. The molecule has 0 aromatic heterocycles. The van der Waals surface area contributed by atoms with Crippen LogP contribution in [0.5, 0.6) is 11.5 Å². The molecule has 5 nitrogen and oxygen atoms in total. The number of fused-ring (bicyclic) bond motifs is 2. The number of hydrogen-bond donors (Lipinski definition) is 2. The molecule has 2 N–H and O–H groups in total. The molecule has 1 heterocycles. The van der Waals surface area contributed by atoms with Crippen molar-refractivity contribution in [3.63, 3.8) is 0 Å². The minimum absolute atomic E-state index is 0.0412. The molecule has 0 spiro atoms. The van der Waals surface area contributed by atoms with Crippen LogP contribution in [0.2, 0.25) is 0 Å². The van der Waals surface area contributed by atoms with Crippen molar-refractivity contribution in [3.8, 4) is 11.5 Å². The number of ketones is 2. The standard InChI is InChI=1S/C15H12O5/c1-7-5-9(17)12-10(6-7)20-15(2)11(18)4-3-8(16)13(15)14(12)19/h3-6,17,19H,1-2H3. The van der Waals surface area contributed by atoms with Crippen LogP contribution in [0.25, 0.3) is 5.76 Å². The van der Waals surface area contributed by atoms with Crippen LogP contribution in [0.3, 0.4) is 0 Å². The first kappa shape index (κ1) is 12.5. The Morgan fingerprint density at radius 2 is 1.85 bits per heavy atom. The Bertz CT molecular complexity index is 726. The lowest BCUT2D eigenvalue weighted by molar-refractivity contribution is -0.129. The van der Waals surface area contributed by atoms with Gasteiger partial charge in [0.1, 0.15) is 22.8 Å². The van der Waals surface area contributed by atoms with E-state index < -0.39 is 22.9 Å². The van der Waals surface area contributed by atoms with Crippen LogP contribution in [-0.4, -0.2) is 27.4 Å². The molecular formula is C15H12O5. The molecule has 0 amide bonds. The van der Waals surface area contributed by atoms with E-state index in [9.17, 15) is 19.8 Å². The zero-order valence-electron chi connectivity index (χ0n) is 10.9. The van der Waals surface area contributed by atoms with Gasteiger partial charge < -0.3 is 14.9 Å². The van der Waals surface area contributed by atoms with Crippen LogP contribution in [-0.2, 0) is 9.59 Å². The van der Waals surface area contributed by atoms with E-state index in [-0.39, 0.29) is 22.6 Å². The number of ether oxygens (including phenoxy) is 1. The first-order valence-electron chi connectivity index (χ1n) is 6.08. The highest BCUT2D eigenvalue weighted by atomic mass is 16.5. The van der Waals surface area contributed by atoms with Crippen molar-refractivity contribution in [2.75, 3.05) is 0 Å². The Labute approximate surface area is 114 Å². The van der Waals surface area contributed by atoms with Crippen molar-refractivity contribution < 1.29 is 24.5 Å². The van der Waals surface area contributed by atoms with Gasteiger partial charge in [-0.25, -0.2) is 0 Å². The van der Waals surface area contributed by atoms with E-state index in [1.165, 1.54) is 13.0 Å². The summed E-state index contributed by atoms with van der Waals surface area (Å²) in [6, 6.07) is 3.05. The van der Waals surface area contributed by atoms with Gasteiger partial charge in [0.25, 0.3) is 0 Å². The number of phenolic OH excluding ortho intramolecular Hbond substituents is 1. The monoisotopic (exact) mass is 272 g/mol. The third-order valence-corrected chi connectivity index (χ3v) is 3.59. The van der Waals surface area contributed by atoms with Crippen LogP contribution in [0.1, 0.15) is 18.1 Å². The summed E-state index contributed by atoms with van der Waals surface area (Å²) in [5, 5.41) is 20.3. The fraction of sp³-hybridized carbons (Fsp3) is 0.200. The Kier molecular flexibility index (Phi) is 2.32. The number of rotatable bonds is 0. The van der Waals surface area contributed by atoms with Gasteiger partial charge in [-0.15, -0.1) is 0 Å². The third-order valence-electron chi connectivity index (χ3n) is 3.59. The number of allylic oxidation sites excluding steroid dienone is 1. The van der Waals surface area contributed by atoms with E-state index in [0.717, 1.165) is 12.2 Å². The molecule has 5 heteroatoms. The Morgan fingerprint density at radius 3 is 2.55 bits per heavy atom. The first-order chi connectivity index (χ1) is 9.34. The number of benzene rings is 1. The average molecular weight is 272 g/mol. The van der Waals surface area contributed by atoms with Crippen molar-refractivity contribution in [2.45, 2.75) is 19.4 Å². The Balaban J connectivity index is 2.37. The first-order valence-corrected chi connectivity index (χ1v) is 6.08. The molecule has 1 unspecified atom stereocenters. The van der Waals surface area contributed by atoms with Gasteiger partial charge in [0.15, 0.2) is 5.78 Å². The highest BCUT2D eigenvalue weighted by Crippen LogP contribution is 2.46. The molecule has 1 aromatic carbocycles. The number of aryl methyl sites for hydroxylation is 1. The lowest BCUT2D eigenvalue weighted by atomic mass is 9.79. The zero-order valence-corrected chi connectivity index (χ0v) is 10.9. The molecule has 1 aliphatic heterocycles. The van der Waals surface area contributed by atoms with E-state index >= 15 is 0 Å². The van der Waals surface area contributed by atoms with Crippen LogP contribution in [0.4, 0.5) is 0 Å². The van der Waals surface area contributed by atoms with Crippen molar-refractivity contribution in [1.29, 1.82) is 0 Å². The van der Waals surface area contributed by atoms with E-state index in [2.05, 4.69) is 0 Å². The predicted octanol–water partition coefficient (Wildman–Crippen LogP) is 1.83. The molecule has 0 bridgehead atoms. The van der Waals surface area contributed by atoms with Gasteiger partial charge in [-0.3, -0.25) is 9.59 Å². The summed E-state index contributed by atoms with van der Waals surface area (Å²) >= 11 is 0. The molecule has 3 rings (SSSR count). The van der Waals surface area contributed by atoms with E-state index in [1.54, 1.807) is 13.0 Å². The van der Waals surface area contributed by atoms with Crippen LogP contribution < -0.4 is 4.74 Å². The number of carbonyl (C=O) groups excluding carboxylic acids is 2. The summed E-state index contributed by atoms with van der Waals surface area (Å²) in [4.78, 5) is 24.0. The molecular weight excluding hydrogens is 260 g/mol. The maximum atomic E-state index is 12.0. The summed E-state index contributed by atoms with van der Waals surface area (Å²) in [5.74, 6) is -1.35. The summed E-state index contributed by atoms with van der Waals surface area (Å²) in [6.07, 6.45) is 2.23. The number of aliphatic hydroxyl groups is 1. The second kappa shape index (κ2) is 3.72. The lowest BCUT2D eigenvalue weighted by Crippen LogP contribution is -2.49. The van der Waals surface area contributed by atoms with Crippen LogP contribution in [0, 0.1) is 6.92 Å².